The van der Waals surface area contributed by atoms with Gasteiger partial charge in [0.2, 0.25) is 0 Å². The second kappa shape index (κ2) is 10.4. The SMILES string of the molecule is CCCC1C(CCF)CCC2C1CCC1(C)C(C(=O)CN(N)c3ccc(OC)cc3N)CCC21. The zero-order valence-electron chi connectivity index (χ0n) is 21.3. The number of anilines is 2. The third-order valence-electron chi connectivity index (χ3n) is 9.88. The molecule has 5 nitrogen and oxygen atoms in total. The summed E-state index contributed by atoms with van der Waals surface area (Å²) in [5, 5.41) is 1.50. The van der Waals surface area contributed by atoms with E-state index < -0.39 is 0 Å². The summed E-state index contributed by atoms with van der Waals surface area (Å²) in [6, 6.07) is 5.37. The number of benzene rings is 1. The van der Waals surface area contributed by atoms with Crippen LogP contribution in [0.25, 0.3) is 0 Å². The highest BCUT2D eigenvalue weighted by atomic mass is 19.1. The van der Waals surface area contributed by atoms with Crippen LogP contribution < -0.4 is 21.3 Å². The second-order valence-electron chi connectivity index (χ2n) is 11.4. The number of hydrazine groups is 1. The van der Waals surface area contributed by atoms with Crippen molar-refractivity contribution in [3.63, 3.8) is 0 Å². The largest absolute Gasteiger partial charge is 0.497 e. The van der Waals surface area contributed by atoms with Crippen LogP contribution in [-0.4, -0.2) is 26.1 Å². The lowest BCUT2D eigenvalue weighted by Crippen LogP contribution is -2.49. The molecule has 0 aliphatic heterocycles. The second-order valence-corrected chi connectivity index (χ2v) is 11.4. The van der Waals surface area contributed by atoms with E-state index in [1.807, 2.05) is 12.1 Å². The number of methoxy groups -OCH3 is 1. The molecular formula is C28H44FN3O2. The fourth-order valence-corrected chi connectivity index (χ4v) is 8.33. The summed E-state index contributed by atoms with van der Waals surface area (Å²) in [5.74, 6) is 10.5. The highest BCUT2D eigenvalue weighted by molar-refractivity contribution is 5.87. The van der Waals surface area contributed by atoms with Crippen molar-refractivity contribution in [2.24, 2.45) is 46.8 Å². The molecule has 0 aromatic heterocycles. The van der Waals surface area contributed by atoms with E-state index in [1.165, 1.54) is 30.7 Å². The number of ketones is 1. The molecule has 3 saturated carbocycles. The van der Waals surface area contributed by atoms with Crippen molar-refractivity contribution in [1.82, 2.24) is 0 Å². The summed E-state index contributed by atoms with van der Waals surface area (Å²) < 4.78 is 18.5. The van der Waals surface area contributed by atoms with Crippen LogP contribution in [0.2, 0.25) is 0 Å². The first-order valence-corrected chi connectivity index (χ1v) is 13.4. The number of hydrogen-bond acceptors (Lipinski definition) is 5. The number of carbonyl (C=O) groups is 1. The van der Waals surface area contributed by atoms with Crippen LogP contribution in [-0.2, 0) is 4.79 Å². The van der Waals surface area contributed by atoms with Gasteiger partial charge in [-0.2, -0.15) is 0 Å². The van der Waals surface area contributed by atoms with Gasteiger partial charge in [0.1, 0.15) is 5.75 Å². The molecule has 7 unspecified atom stereocenters. The van der Waals surface area contributed by atoms with Crippen LogP contribution in [0.3, 0.4) is 0 Å². The Bertz CT molecular complexity index is 864. The highest BCUT2D eigenvalue weighted by Gasteiger charge is 2.57. The summed E-state index contributed by atoms with van der Waals surface area (Å²) in [6.07, 6.45) is 9.90. The van der Waals surface area contributed by atoms with Gasteiger partial charge in [-0.15, -0.1) is 0 Å². The minimum atomic E-state index is -0.186. The molecular weight excluding hydrogens is 429 g/mol. The molecule has 3 aliphatic carbocycles. The molecule has 7 atom stereocenters. The normalized spacial score (nSPS) is 34.9. The maximum atomic E-state index is 13.6. The Balaban J connectivity index is 1.46. The number of carbonyl (C=O) groups excluding carboxylic acids is 1. The molecule has 0 radical (unpaired) electrons. The van der Waals surface area contributed by atoms with Gasteiger partial charge in [0, 0.05) is 12.0 Å². The summed E-state index contributed by atoms with van der Waals surface area (Å²) in [6.45, 7) is 4.62. The van der Waals surface area contributed by atoms with Gasteiger partial charge < -0.3 is 15.5 Å². The average molecular weight is 474 g/mol. The Hall–Kier alpha value is -1.82. The third-order valence-corrected chi connectivity index (χ3v) is 9.88. The van der Waals surface area contributed by atoms with E-state index in [9.17, 15) is 9.18 Å². The molecule has 34 heavy (non-hydrogen) atoms. The van der Waals surface area contributed by atoms with Gasteiger partial charge in [0.15, 0.2) is 5.78 Å². The summed E-state index contributed by atoms with van der Waals surface area (Å²) in [7, 11) is 1.60. The van der Waals surface area contributed by atoms with Crippen molar-refractivity contribution < 1.29 is 13.9 Å². The Morgan fingerprint density at radius 1 is 1.18 bits per heavy atom. The molecule has 4 N–H and O–H groups in total. The van der Waals surface area contributed by atoms with Gasteiger partial charge >= 0.3 is 0 Å². The number of nitrogens with two attached hydrogens (primary N) is 2. The topological polar surface area (TPSA) is 81.6 Å². The fraction of sp³-hybridized carbons (Fsp3) is 0.750. The molecule has 0 spiro atoms. The molecule has 0 amide bonds. The van der Waals surface area contributed by atoms with E-state index in [2.05, 4.69) is 13.8 Å². The van der Waals surface area contributed by atoms with Gasteiger partial charge in [0.25, 0.3) is 0 Å². The maximum Gasteiger partial charge on any atom is 0.157 e. The van der Waals surface area contributed by atoms with Gasteiger partial charge in [-0.3, -0.25) is 9.18 Å². The molecule has 0 saturated heterocycles. The lowest BCUT2D eigenvalue weighted by molar-refractivity contribution is -0.128. The number of rotatable bonds is 9. The quantitative estimate of drug-likeness (QED) is 0.270. The lowest BCUT2D eigenvalue weighted by atomic mass is 9.50. The zero-order chi connectivity index (χ0) is 24.5. The van der Waals surface area contributed by atoms with E-state index in [-0.39, 0.29) is 30.3 Å². The predicted octanol–water partition coefficient (Wildman–Crippen LogP) is 5.77. The highest BCUT2D eigenvalue weighted by Crippen LogP contribution is 2.63. The van der Waals surface area contributed by atoms with Crippen molar-refractivity contribution in [3.05, 3.63) is 18.2 Å². The van der Waals surface area contributed by atoms with Crippen LogP contribution in [0.5, 0.6) is 5.75 Å². The Morgan fingerprint density at radius 2 is 1.97 bits per heavy atom. The maximum absolute atomic E-state index is 13.6. The van der Waals surface area contributed by atoms with E-state index in [0.717, 1.165) is 32.1 Å². The number of Topliss-reactive ketones (excluding diaryl/α,β-unsaturated/α-hetero) is 1. The average Bonchev–Trinajstić information content (AvgIpc) is 3.17. The number of fused-ring (bicyclic) bond motifs is 3. The van der Waals surface area contributed by atoms with Crippen molar-refractivity contribution in [3.8, 4) is 5.75 Å². The summed E-state index contributed by atoms with van der Waals surface area (Å²) >= 11 is 0. The Kier molecular flexibility index (Phi) is 7.75. The van der Waals surface area contributed by atoms with Gasteiger partial charge in [-0.05, 0) is 92.1 Å². The van der Waals surface area contributed by atoms with E-state index >= 15 is 0 Å². The molecule has 1 aromatic rings. The standard InChI is InChI=1S/C28H44FN3O2/c1-4-5-20-18(13-15-29)6-8-22-21(20)12-14-28(2)23(22)9-10-24(28)27(33)17-32(31)26-11-7-19(34-3)16-25(26)30/h7,11,16,18,20-24H,4-6,8-10,12-15,17,30-31H2,1-3H3. The minimum absolute atomic E-state index is 0.0498. The van der Waals surface area contributed by atoms with E-state index in [1.54, 1.807) is 13.2 Å². The van der Waals surface area contributed by atoms with Crippen LogP contribution in [0, 0.1) is 40.9 Å². The summed E-state index contributed by atoms with van der Waals surface area (Å²) in [5.41, 5.74) is 7.39. The number of halogens is 1. The first-order chi connectivity index (χ1) is 16.3. The smallest absolute Gasteiger partial charge is 0.157 e. The van der Waals surface area contributed by atoms with Crippen LogP contribution in [0.1, 0.15) is 71.6 Å². The number of ether oxygens (including phenoxy) is 1. The zero-order valence-corrected chi connectivity index (χ0v) is 21.3. The third kappa shape index (κ3) is 4.55. The molecule has 4 rings (SSSR count). The Morgan fingerprint density at radius 3 is 2.65 bits per heavy atom. The number of nitrogen functional groups attached to an aromatic ring is 1. The van der Waals surface area contributed by atoms with Crippen molar-refractivity contribution in [1.29, 1.82) is 0 Å². The van der Waals surface area contributed by atoms with Crippen LogP contribution in [0.15, 0.2) is 18.2 Å². The molecule has 0 heterocycles. The molecule has 3 fully saturated rings. The van der Waals surface area contributed by atoms with Crippen molar-refractivity contribution >= 4 is 17.2 Å². The van der Waals surface area contributed by atoms with Crippen molar-refractivity contribution in [2.75, 3.05) is 31.1 Å². The lowest BCUT2D eigenvalue weighted by Gasteiger charge is -2.54. The first kappa shape index (κ1) is 25.3. The number of alkyl halides is 1. The van der Waals surface area contributed by atoms with Crippen LogP contribution >= 0.6 is 0 Å². The van der Waals surface area contributed by atoms with E-state index in [0.29, 0.717) is 46.7 Å². The van der Waals surface area contributed by atoms with Gasteiger partial charge in [-0.25, -0.2) is 5.84 Å². The number of hydrogen-bond donors (Lipinski definition) is 2. The van der Waals surface area contributed by atoms with Gasteiger partial charge in [0.05, 0.1) is 31.7 Å². The molecule has 6 heteroatoms. The molecule has 0 bridgehead atoms. The van der Waals surface area contributed by atoms with Crippen molar-refractivity contribution in [2.45, 2.75) is 71.6 Å². The number of nitrogens with zero attached hydrogens (tertiary/aromatic N) is 1. The predicted molar refractivity (Wildman–Crippen MR) is 136 cm³/mol. The first-order valence-electron chi connectivity index (χ1n) is 13.4. The minimum Gasteiger partial charge on any atom is -0.497 e. The Labute approximate surface area is 204 Å². The fourth-order valence-electron chi connectivity index (χ4n) is 8.33. The van der Waals surface area contributed by atoms with E-state index in [4.69, 9.17) is 16.3 Å². The summed E-state index contributed by atoms with van der Waals surface area (Å²) in [4.78, 5) is 13.6. The monoisotopic (exact) mass is 473 g/mol. The molecule has 3 aliphatic rings. The molecule has 1 aromatic carbocycles. The van der Waals surface area contributed by atoms with Gasteiger partial charge in [-0.1, -0.05) is 26.7 Å². The van der Waals surface area contributed by atoms with Crippen LogP contribution in [0.4, 0.5) is 15.8 Å². The molecule has 190 valence electrons.